The molecule has 10 rings (SSSR count). The lowest BCUT2D eigenvalue weighted by molar-refractivity contribution is 0.743. The molecule has 64 heavy (non-hydrogen) atoms. The van der Waals surface area contributed by atoms with E-state index in [0.29, 0.717) is 0 Å². The summed E-state index contributed by atoms with van der Waals surface area (Å²) in [6.45, 7) is 4.54. The third kappa shape index (κ3) is 8.47. The van der Waals surface area contributed by atoms with Crippen LogP contribution in [-0.2, 0) is 0 Å². The van der Waals surface area contributed by atoms with Crippen LogP contribution >= 0.6 is 0 Å². The minimum atomic E-state index is 0.155. The molecule has 1 aliphatic carbocycles. The van der Waals surface area contributed by atoms with Crippen molar-refractivity contribution in [3.8, 4) is 44.5 Å². The minimum absolute atomic E-state index is 0.155. The topological polar surface area (TPSA) is 6.48 Å². The largest absolute Gasteiger partial charge is 0.334 e. The Hall–Kier alpha value is -7.94. The molecular formula is C62H50N2. The lowest BCUT2D eigenvalue weighted by Crippen LogP contribution is -2.33. The Bertz CT molecular complexity index is 2860. The number of aryl methyl sites for hydroxylation is 1. The molecule has 0 fully saturated rings. The zero-order chi connectivity index (χ0) is 43.2. The maximum Gasteiger partial charge on any atom is 0.0586 e. The van der Waals surface area contributed by atoms with E-state index in [1.807, 2.05) is 0 Å². The number of rotatable bonds is 11. The Morgan fingerprint density at radius 1 is 0.344 bits per heavy atom. The van der Waals surface area contributed by atoms with E-state index in [-0.39, 0.29) is 6.04 Å². The highest BCUT2D eigenvalue weighted by Gasteiger charge is 2.26. The van der Waals surface area contributed by atoms with E-state index in [4.69, 9.17) is 0 Å². The van der Waals surface area contributed by atoms with Gasteiger partial charge in [-0.25, -0.2) is 0 Å². The molecule has 9 aromatic carbocycles. The quantitative estimate of drug-likeness (QED) is 0.128. The Morgan fingerprint density at radius 2 is 0.672 bits per heavy atom. The first kappa shape index (κ1) is 40.2. The van der Waals surface area contributed by atoms with Crippen LogP contribution in [-0.4, -0.2) is 6.04 Å². The van der Waals surface area contributed by atoms with Crippen molar-refractivity contribution in [2.45, 2.75) is 26.3 Å². The molecule has 0 amide bonds. The van der Waals surface area contributed by atoms with Crippen LogP contribution in [0, 0.1) is 6.92 Å². The zero-order valence-corrected chi connectivity index (χ0v) is 36.4. The van der Waals surface area contributed by atoms with Crippen LogP contribution < -0.4 is 9.80 Å². The smallest absolute Gasteiger partial charge is 0.0586 e. The predicted molar refractivity (Wildman–Crippen MR) is 273 cm³/mol. The van der Waals surface area contributed by atoms with Crippen LogP contribution in [0.5, 0.6) is 0 Å². The van der Waals surface area contributed by atoms with Gasteiger partial charge in [0.05, 0.1) is 6.04 Å². The molecule has 0 radical (unpaired) electrons. The molecule has 0 aliphatic heterocycles. The Morgan fingerprint density at radius 3 is 1.02 bits per heavy atom. The number of benzene rings is 9. The summed E-state index contributed by atoms with van der Waals surface area (Å²) in [6.07, 6.45) is 5.71. The highest BCUT2D eigenvalue weighted by Crippen LogP contribution is 2.42. The second kappa shape index (κ2) is 18.2. The summed E-state index contributed by atoms with van der Waals surface area (Å²) >= 11 is 0. The highest BCUT2D eigenvalue weighted by molar-refractivity contribution is 5.85. The highest BCUT2D eigenvalue weighted by atomic mass is 15.2. The molecule has 9 aromatic rings. The predicted octanol–water partition coefficient (Wildman–Crippen LogP) is 17.1. The molecule has 0 aromatic heterocycles. The molecule has 1 atom stereocenters. The van der Waals surface area contributed by atoms with Gasteiger partial charge in [0.25, 0.3) is 0 Å². The summed E-state index contributed by atoms with van der Waals surface area (Å²) in [4.78, 5) is 4.90. The maximum atomic E-state index is 2.51. The van der Waals surface area contributed by atoms with E-state index >= 15 is 0 Å². The second-order valence-electron chi connectivity index (χ2n) is 16.7. The van der Waals surface area contributed by atoms with Gasteiger partial charge >= 0.3 is 0 Å². The summed E-state index contributed by atoms with van der Waals surface area (Å²) in [5.74, 6) is 0. The molecule has 2 heteroatoms. The summed E-state index contributed by atoms with van der Waals surface area (Å²) < 4.78 is 0. The van der Waals surface area contributed by atoms with Gasteiger partial charge < -0.3 is 9.80 Å². The molecule has 0 bridgehead atoms. The van der Waals surface area contributed by atoms with Gasteiger partial charge in [-0.2, -0.15) is 0 Å². The van der Waals surface area contributed by atoms with Crippen LogP contribution in [0.2, 0.25) is 0 Å². The van der Waals surface area contributed by atoms with Crippen molar-refractivity contribution in [3.63, 3.8) is 0 Å². The average molecular weight is 823 g/mol. The number of anilines is 5. The standard InChI is InChI=1S/C62H50N2/c1-45-43-55(31-41-61(45)63(57-33-23-51(24-34-57)47-15-7-3-8-16-47)58-35-25-52(26-36-58)48-17-9-4-10-18-48)56-32-42-62(46(2)44-56)64(59-37-27-53(28-38-59)49-19-11-5-12-20-49)60-39-29-54(30-40-60)50-21-13-6-14-22-50/h3-41,43-44,62H,42H2,1-2H3. The molecule has 0 heterocycles. The van der Waals surface area contributed by atoms with Crippen molar-refractivity contribution in [2.24, 2.45) is 0 Å². The lowest BCUT2D eigenvalue weighted by atomic mass is 9.89. The van der Waals surface area contributed by atoms with Gasteiger partial charge in [0, 0.05) is 28.4 Å². The fraction of sp³-hybridized carbons (Fsp3) is 0.0645. The van der Waals surface area contributed by atoms with Gasteiger partial charge in [-0.05, 0) is 148 Å². The van der Waals surface area contributed by atoms with E-state index in [1.54, 1.807) is 0 Å². The van der Waals surface area contributed by atoms with Gasteiger partial charge in [0.2, 0.25) is 0 Å². The Labute approximate surface area is 378 Å². The summed E-state index contributed by atoms with van der Waals surface area (Å²) in [5, 5.41) is 0. The fourth-order valence-electron chi connectivity index (χ4n) is 9.11. The normalized spacial score (nSPS) is 13.4. The molecule has 0 N–H and O–H groups in total. The molecule has 1 unspecified atom stereocenters. The van der Waals surface area contributed by atoms with Gasteiger partial charge in [0.1, 0.15) is 0 Å². The first-order valence-corrected chi connectivity index (χ1v) is 22.3. The fourth-order valence-corrected chi connectivity index (χ4v) is 9.11. The van der Waals surface area contributed by atoms with Gasteiger partial charge in [-0.15, -0.1) is 0 Å². The van der Waals surface area contributed by atoms with Crippen molar-refractivity contribution in [1.29, 1.82) is 0 Å². The third-order valence-electron chi connectivity index (χ3n) is 12.5. The third-order valence-corrected chi connectivity index (χ3v) is 12.5. The summed E-state index contributed by atoms with van der Waals surface area (Å²) in [5.41, 5.74) is 20.5. The summed E-state index contributed by atoms with van der Waals surface area (Å²) in [7, 11) is 0. The number of allylic oxidation sites excluding steroid dienone is 2. The average Bonchev–Trinajstić information content (AvgIpc) is 3.37. The van der Waals surface area contributed by atoms with Crippen LogP contribution in [0.3, 0.4) is 0 Å². The molecule has 0 saturated heterocycles. The summed E-state index contributed by atoms with van der Waals surface area (Å²) in [6, 6.07) is 85.5. The number of hydrogen-bond acceptors (Lipinski definition) is 2. The van der Waals surface area contributed by atoms with Crippen molar-refractivity contribution >= 4 is 34.0 Å². The number of hydrogen-bond donors (Lipinski definition) is 0. The molecule has 0 saturated carbocycles. The Kier molecular flexibility index (Phi) is 11.4. The van der Waals surface area contributed by atoms with E-state index in [2.05, 4.69) is 272 Å². The van der Waals surface area contributed by atoms with Gasteiger partial charge in [-0.1, -0.05) is 188 Å². The van der Waals surface area contributed by atoms with Crippen molar-refractivity contribution < 1.29 is 0 Å². The lowest BCUT2D eigenvalue weighted by Gasteiger charge is -2.36. The minimum Gasteiger partial charge on any atom is -0.334 e. The van der Waals surface area contributed by atoms with Gasteiger partial charge in [-0.3, -0.25) is 0 Å². The second-order valence-corrected chi connectivity index (χ2v) is 16.7. The first-order chi connectivity index (χ1) is 31.6. The first-order valence-electron chi connectivity index (χ1n) is 22.3. The van der Waals surface area contributed by atoms with Gasteiger partial charge in [0.15, 0.2) is 0 Å². The van der Waals surface area contributed by atoms with Crippen molar-refractivity contribution in [1.82, 2.24) is 0 Å². The molecule has 2 nitrogen and oxygen atoms in total. The van der Waals surface area contributed by atoms with Crippen LogP contribution in [0.1, 0.15) is 24.5 Å². The van der Waals surface area contributed by atoms with E-state index < -0.39 is 0 Å². The van der Waals surface area contributed by atoms with Crippen LogP contribution in [0.15, 0.2) is 254 Å². The van der Waals surface area contributed by atoms with Crippen molar-refractivity contribution in [2.75, 3.05) is 9.80 Å². The van der Waals surface area contributed by atoms with E-state index in [9.17, 15) is 0 Å². The Balaban J connectivity index is 0.963. The SMILES string of the molecule is CC1=CC(c2ccc(N(c3ccc(-c4ccccc4)cc3)c3ccc(-c4ccccc4)cc3)c(C)c2)=CCC1N(c1ccc(-c2ccccc2)cc1)c1ccc(-c2ccccc2)cc1. The van der Waals surface area contributed by atoms with E-state index in [1.165, 1.54) is 78.2 Å². The molecule has 0 spiro atoms. The molecular weight excluding hydrogens is 773 g/mol. The van der Waals surface area contributed by atoms with Crippen LogP contribution in [0.4, 0.5) is 28.4 Å². The van der Waals surface area contributed by atoms with Crippen LogP contribution in [0.25, 0.3) is 50.1 Å². The maximum absolute atomic E-state index is 2.51. The van der Waals surface area contributed by atoms with E-state index in [0.717, 1.165) is 23.5 Å². The zero-order valence-electron chi connectivity index (χ0n) is 36.4. The number of nitrogens with zero attached hydrogens (tertiary/aromatic N) is 2. The monoisotopic (exact) mass is 822 g/mol. The molecule has 308 valence electrons. The molecule has 1 aliphatic rings. The van der Waals surface area contributed by atoms with Crippen molar-refractivity contribution in [3.05, 3.63) is 265 Å².